The molecule has 0 aliphatic rings. The number of rotatable bonds is 3. The molecule has 1 aromatic heterocycles. The number of hydrogen-bond acceptors (Lipinski definition) is 4. The molecule has 1 heterocycles. The summed E-state index contributed by atoms with van der Waals surface area (Å²) in [5, 5.41) is 8.01. The Kier molecular flexibility index (Phi) is 5.96. The number of aromatic nitrogens is 2. The van der Waals surface area contributed by atoms with Gasteiger partial charge in [0, 0.05) is 23.7 Å². The molecular weight excluding hydrogens is 250 g/mol. The van der Waals surface area contributed by atoms with E-state index in [2.05, 4.69) is 22.6 Å². The highest BCUT2D eigenvalue weighted by Crippen LogP contribution is 2.11. The summed E-state index contributed by atoms with van der Waals surface area (Å²) in [6, 6.07) is 9.23. The average molecular weight is 265 g/mol. The molecular formula is C12H15N3O2S. The van der Waals surface area contributed by atoms with Gasteiger partial charge in [0.15, 0.2) is 0 Å². The molecule has 0 saturated carbocycles. The summed E-state index contributed by atoms with van der Waals surface area (Å²) in [5.74, 6) is 0.107. The molecule has 1 atom stereocenters. The van der Waals surface area contributed by atoms with Crippen LogP contribution in [0.4, 0.5) is 0 Å². The highest BCUT2D eigenvalue weighted by molar-refractivity contribution is 7.80. The Bertz CT molecular complexity index is 459. The first-order valence-corrected chi connectivity index (χ1v) is 5.92. The van der Waals surface area contributed by atoms with E-state index in [-0.39, 0.29) is 5.75 Å². The number of carboxylic acid groups (broad SMARTS) is 1. The van der Waals surface area contributed by atoms with Crippen LogP contribution >= 0.6 is 12.6 Å². The van der Waals surface area contributed by atoms with Gasteiger partial charge < -0.3 is 15.8 Å². The van der Waals surface area contributed by atoms with E-state index in [0.717, 1.165) is 11.4 Å². The lowest BCUT2D eigenvalue weighted by molar-refractivity contribution is -0.137. The lowest BCUT2D eigenvalue weighted by Crippen LogP contribution is -2.31. The predicted molar refractivity (Wildman–Crippen MR) is 73.5 cm³/mol. The number of nitrogens with two attached hydrogens (primary N) is 1. The van der Waals surface area contributed by atoms with Gasteiger partial charge in [0.25, 0.3) is 0 Å². The lowest BCUT2D eigenvalue weighted by atomic mass is 10.2. The number of thiol groups is 1. The summed E-state index contributed by atoms with van der Waals surface area (Å²) < 4.78 is 0. The van der Waals surface area contributed by atoms with E-state index in [0.29, 0.717) is 0 Å². The van der Waals surface area contributed by atoms with Crippen LogP contribution in [0, 0.1) is 0 Å². The van der Waals surface area contributed by atoms with Crippen LogP contribution in [0.5, 0.6) is 0 Å². The summed E-state index contributed by atoms with van der Waals surface area (Å²) in [6.07, 6.45) is 3.57. The van der Waals surface area contributed by atoms with Crippen molar-refractivity contribution >= 4 is 18.6 Å². The van der Waals surface area contributed by atoms with E-state index in [1.54, 1.807) is 6.20 Å². The fourth-order valence-electron chi connectivity index (χ4n) is 1.10. The van der Waals surface area contributed by atoms with Gasteiger partial charge in [-0.05, 0) is 0 Å². The fourth-order valence-corrected chi connectivity index (χ4v) is 1.25. The Hall–Kier alpha value is -1.79. The van der Waals surface area contributed by atoms with Crippen LogP contribution < -0.4 is 5.73 Å². The zero-order valence-electron chi connectivity index (χ0n) is 9.65. The van der Waals surface area contributed by atoms with E-state index in [1.807, 2.05) is 36.5 Å². The Labute approximate surface area is 110 Å². The van der Waals surface area contributed by atoms with Gasteiger partial charge in [-0.1, -0.05) is 30.3 Å². The van der Waals surface area contributed by atoms with Crippen LogP contribution in [0.25, 0.3) is 11.4 Å². The minimum atomic E-state index is -1.00. The zero-order valence-corrected chi connectivity index (χ0v) is 10.5. The molecule has 6 heteroatoms. The standard InChI is InChI=1S/C9H8N2.C3H7NO2S/c1-2-4-8(5-3-1)9-10-6-7-11-9;4-2(1-7)3(5)6/h1-7H,(H,10,11);2,7H,1,4H2,(H,5,6)/t;2-/m.0/s1. The molecule has 4 N–H and O–H groups in total. The third-order valence-corrected chi connectivity index (χ3v) is 2.45. The predicted octanol–water partition coefficient (Wildman–Crippen LogP) is 1.40. The van der Waals surface area contributed by atoms with Crippen molar-refractivity contribution in [2.75, 3.05) is 5.75 Å². The second kappa shape index (κ2) is 7.52. The van der Waals surface area contributed by atoms with Crippen LogP contribution in [-0.2, 0) is 4.79 Å². The minimum absolute atomic E-state index is 0.190. The Balaban J connectivity index is 0.000000203. The van der Waals surface area contributed by atoms with Gasteiger partial charge in [-0.15, -0.1) is 0 Å². The van der Waals surface area contributed by atoms with Gasteiger partial charge >= 0.3 is 5.97 Å². The number of nitrogens with one attached hydrogen (secondary N) is 1. The topological polar surface area (TPSA) is 92.0 Å². The van der Waals surface area contributed by atoms with Crippen molar-refractivity contribution in [3.63, 3.8) is 0 Å². The van der Waals surface area contributed by atoms with Crippen molar-refractivity contribution in [3.8, 4) is 11.4 Å². The molecule has 0 fully saturated rings. The number of benzene rings is 1. The molecule has 0 radical (unpaired) electrons. The molecule has 0 amide bonds. The highest BCUT2D eigenvalue weighted by atomic mass is 32.1. The molecule has 0 spiro atoms. The Morgan fingerprint density at radius 3 is 2.50 bits per heavy atom. The molecule has 5 nitrogen and oxygen atoms in total. The van der Waals surface area contributed by atoms with E-state index < -0.39 is 12.0 Å². The fraction of sp³-hybridized carbons (Fsp3) is 0.167. The number of H-pyrrole nitrogens is 1. The number of aliphatic carboxylic acids is 1. The second-order valence-electron chi connectivity index (χ2n) is 3.43. The summed E-state index contributed by atoms with van der Waals surface area (Å²) in [6.45, 7) is 0. The van der Waals surface area contributed by atoms with Gasteiger partial charge in [0.2, 0.25) is 0 Å². The largest absolute Gasteiger partial charge is 0.480 e. The van der Waals surface area contributed by atoms with Crippen LogP contribution in [0.3, 0.4) is 0 Å². The molecule has 2 rings (SSSR count). The van der Waals surface area contributed by atoms with Gasteiger partial charge in [-0.25, -0.2) is 4.98 Å². The Morgan fingerprint density at radius 1 is 1.44 bits per heavy atom. The van der Waals surface area contributed by atoms with E-state index in [9.17, 15) is 4.79 Å². The maximum Gasteiger partial charge on any atom is 0.321 e. The van der Waals surface area contributed by atoms with Gasteiger partial charge in [-0.3, -0.25) is 4.79 Å². The summed E-state index contributed by atoms with van der Waals surface area (Å²) >= 11 is 3.65. The number of aromatic amines is 1. The molecule has 0 unspecified atom stereocenters. The normalized spacial score (nSPS) is 11.2. The van der Waals surface area contributed by atoms with Gasteiger partial charge in [0.05, 0.1) is 0 Å². The van der Waals surface area contributed by atoms with Crippen LogP contribution in [-0.4, -0.2) is 32.8 Å². The van der Waals surface area contributed by atoms with E-state index >= 15 is 0 Å². The molecule has 0 aliphatic carbocycles. The van der Waals surface area contributed by atoms with Crippen LogP contribution in [0.1, 0.15) is 0 Å². The number of carboxylic acids is 1. The monoisotopic (exact) mass is 265 g/mol. The smallest absolute Gasteiger partial charge is 0.321 e. The third-order valence-electron chi connectivity index (χ3n) is 2.06. The summed E-state index contributed by atoms with van der Waals surface area (Å²) in [5.41, 5.74) is 6.06. The summed E-state index contributed by atoms with van der Waals surface area (Å²) in [4.78, 5) is 16.9. The highest BCUT2D eigenvalue weighted by Gasteiger charge is 2.06. The molecule has 96 valence electrons. The number of hydrogen-bond donors (Lipinski definition) is 4. The van der Waals surface area contributed by atoms with E-state index in [4.69, 9.17) is 10.8 Å². The van der Waals surface area contributed by atoms with E-state index in [1.165, 1.54) is 0 Å². The van der Waals surface area contributed by atoms with Gasteiger partial charge in [0.1, 0.15) is 11.9 Å². The van der Waals surface area contributed by atoms with Crippen molar-refractivity contribution in [3.05, 3.63) is 42.7 Å². The number of carbonyl (C=O) groups is 1. The second-order valence-corrected chi connectivity index (χ2v) is 3.80. The molecule has 1 aromatic carbocycles. The van der Waals surface area contributed by atoms with Crippen molar-refractivity contribution < 1.29 is 9.90 Å². The molecule has 2 aromatic rings. The minimum Gasteiger partial charge on any atom is -0.480 e. The van der Waals surface area contributed by atoms with Crippen molar-refractivity contribution in [2.45, 2.75) is 6.04 Å². The maximum absolute atomic E-state index is 9.76. The quantitative estimate of drug-likeness (QED) is 0.631. The maximum atomic E-state index is 9.76. The van der Waals surface area contributed by atoms with Gasteiger partial charge in [-0.2, -0.15) is 12.6 Å². The molecule has 0 bridgehead atoms. The molecule has 18 heavy (non-hydrogen) atoms. The van der Waals surface area contributed by atoms with Crippen LogP contribution in [0.2, 0.25) is 0 Å². The number of imidazole rings is 1. The van der Waals surface area contributed by atoms with Crippen molar-refractivity contribution in [1.29, 1.82) is 0 Å². The SMILES string of the molecule is N[C@@H](CS)C(=O)O.c1ccc(-c2ncc[nH]2)cc1. The Morgan fingerprint density at radius 2 is 2.11 bits per heavy atom. The first-order valence-electron chi connectivity index (χ1n) is 5.29. The average Bonchev–Trinajstić information content (AvgIpc) is 2.93. The molecule has 0 saturated heterocycles. The lowest BCUT2D eigenvalue weighted by Gasteiger charge is -1.96. The van der Waals surface area contributed by atoms with Crippen molar-refractivity contribution in [1.82, 2.24) is 9.97 Å². The molecule has 0 aliphatic heterocycles. The first kappa shape index (κ1) is 14.3. The van der Waals surface area contributed by atoms with Crippen molar-refractivity contribution in [2.24, 2.45) is 5.73 Å². The number of nitrogens with zero attached hydrogens (tertiary/aromatic N) is 1. The first-order chi connectivity index (χ1) is 8.65. The van der Waals surface area contributed by atoms with Crippen LogP contribution in [0.15, 0.2) is 42.7 Å². The summed E-state index contributed by atoms with van der Waals surface area (Å²) in [7, 11) is 0. The third kappa shape index (κ3) is 4.60. The zero-order chi connectivity index (χ0) is 13.4.